The van der Waals surface area contributed by atoms with E-state index in [1.807, 2.05) is 0 Å². The van der Waals surface area contributed by atoms with Gasteiger partial charge in [-0.2, -0.15) is 23.4 Å². The summed E-state index contributed by atoms with van der Waals surface area (Å²) in [6.45, 7) is 1.07. The second-order valence-electron chi connectivity index (χ2n) is 6.98. The largest absolute Gasteiger partial charge is 0.449 e. The maximum absolute atomic E-state index is 13.4. The van der Waals surface area contributed by atoms with Crippen molar-refractivity contribution in [3.8, 4) is 5.69 Å². The zero-order valence-corrected chi connectivity index (χ0v) is 18.4. The van der Waals surface area contributed by atoms with Crippen molar-refractivity contribution in [3.05, 3.63) is 75.8 Å². The molecule has 7 nitrogen and oxygen atoms in total. The van der Waals surface area contributed by atoms with E-state index >= 15 is 0 Å². The van der Waals surface area contributed by atoms with Gasteiger partial charge in [0.05, 0.1) is 34.2 Å². The van der Waals surface area contributed by atoms with Crippen LogP contribution in [-0.4, -0.2) is 31.5 Å². The van der Waals surface area contributed by atoms with Gasteiger partial charge in [0.2, 0.25) is 5.82 Å². The van der Waals surface area contributed by atoms with Gasteiger partial charge < -0.3 is 4.57 Å². The summed E-state index contributed by atoms with van der Waals surface area (Å²) in [5.41, 5.74) is 4.13. The number of aryl methyl sites for hydroxylation is 1. The molecule has 0 atom stereocenters. The highest BCUT2D eigenvalue weighted by Crippen LogP contribution is 2.31. The van der Waals surface area contributed by atoms with Crippen molar-refractivity contribution in [2.45, 2.75) is 19.6 Å². The molecule has 0 spiro atoms. The number of para-hydroxylation sites is 2. The maximum atomic E-state index is 13.4. The van der Waals surface area contributed by atoms with Gasteiger partial charge in [0.1, 0.15) is 11.7 Å². The Labute approximate surface area is 195 Å². The Hall–Kier alpha value is -3.37. The molecule has 0 saturated carbocycles. The van der Waals surface area contributed by atoms with Crippen LogP contribution in [0.5, 0.6) is 0 Å². The molecule has 0 saturated heterocycles. The maximum Gasteiger partial charge on any atom is 0.449 e. The lowest BCUT2D eigenvalue weighted by molar-refractivity contribution is -0.147. The van der Waals surface area contributed by atoms with Crippen LogP contribution in [0.15, 0.2) is 53.6 Å². The number of benzene rings is 2. The fourth-order valence-electron chi connectivity index (χ4n) is 3.24. The molecule has 1 amide bonds. The molecule has 1 N–H and O–H groups in total. The summed E-state index contributed by atoms with van der Waals surface area (Å²) in [6.07, 6.45) is -3.44. The minimum Gasteiger partial charge on any atom is -0.311 e. The number of alkyl halides is 3. The number of hydrogen-bond donors (Lipinski definition) is 1. The number of amides is 1. The van der Waals surface area contributed by atoms with Crippen LogP contribution < -0.4 is 5.43 Å². The van der Waals surface area contributed by atoms with Gasteiger partial charge in [0, 0.05) is 5.02 Å². The number of imidazole rings is 1. The van der Waals surface area contributed by atoms with E-state index in [1.165, 1.54) is 23.0 Å². The predicted molar refractivity (Wildman–Crippen MR) is 119 cm³/mol. The second-order valence-corrected chi connectivity index (χ2v) is 7.78. The van der Waals surface area contributed by atoms with E-state index in [4.69, 9.17) is 23.2 Å². The number of carbonyl (C=O) groups is 1. The molecule has 0 aliphatic carbocycles. The van der Waals surface area contributed by atoms with Gasteiger partial charge >= 0.3 is 6.18 Å². The Bertz CT molecular complexity index is 1380. The Kier molecular flexibility index (Phi) is 6.13. The summed E-state index contributed by atoms with van der Waals surface area (Å²) < 4.78 is 42.4. The fourth-order valence-corrected chi connectivity index (χ4v) is 3.74. The van der Waals surface area contributed by atoms with Crippen molar-refractivity contribution in [1.82, 2.24) is 24.8 Å². The van der Waals surface area contributed by atoms with E-state index in [2.05, 4.69) is 20.6 Å². The number of hydrazone groups is 1. The SMILES string of the molecule is Cc1nn(-c2cccc(Cl)c2)c(Cl)c1C=NNC(=O)Cn1c(C(F)(F)F)nc2ccccc21. The van der Waals surface area contributed by atoms with Crippen LogP contribution in [-0.2, 0) is 17.5 Å². The first-order valence-electron chi connectivity index (χ1n) is 9.50. The number of rotatable bonds is 5. The molecule has 170 valence electrons. The summed E-state index contributed by atoms with van der Waals surface area (Å²) in [7, 11) is 0. The van der Waals surface area contributed by atoms with Gasteiger partial charge in [-0.05, 0) is 37.3 Å². The second kappa shape index (κ2) is 8.87. The van der Waals surface area contributed by atoms with Crippen molar-refractivity contribution in [2.75, 3.05) is 0 Å². The smallest absolute Gasteiger partial charge is 0.311 e. The number of aromatic nitrogens is 4. The van der Waals surface area contributed by atoms with Crippen LogP contribution in [0.4, 0.5) is 13.2 Å². The average Bonchev–Trinajstić information content (AvgIpc) is 3.26. The number of halogens is 5. The van der Waals surface area contributed by atoms with Crippen molar-refractivity contribution in [3.63, 3.8) is 0 Å². The fraction of sp³-hybridized carbons (Fsp3) is 0.143. The molecule has 4 aromatic rings. The van der Waals surface area contributed by atoms with Gasteiger partial charge in [-0.3, -0.25) is 4.79 Å². The molecule has 0 radical (unpaired) electrons. The summed E-state index contributed by atoms with van der Waals surface area (Å²) >= 11 is 12.4. The van der Waals surface area contributed by atoms with E-state index in [1.54, 1.807) is 43.3 Å². The highest BCUT2D eigenvalue weighted by Gasteiger charge is 2.38. The molecule has 2 aromatic heterocycles. The lowest BCUT2D eigenvalue weighted by Gasteiger charge is -2.10. The van der Waals surface area contributed by atoms with Crippen LogP contribution >= 0.6 is 23.2 Å². The Morgan fingerprint density at radius 3 is 2.67 bits per heavy atom. The zero-order valence-electron chi connectivity index (χ0n) is 16.9. The minimum absolute atomic E-state index is 0.136. The molecule has 0 fully saturated rings. The van der Waals surface area contributed by atoms with Crippen LogP contribution in [0, 0.1) is 6.92 Å². The Morgan fingerprint density at radius 2 is 1.94 bits per heavy atom. The first kappa shape index (κ1) is 22.8. The Morgan fingerprint density at radius 1 is 1.18 bits per heavy atom. The molecule has 4 rings (SSSR count). The van der Waals surface area contributed by atoms with E-state index in [0.29, 0.717) is 22.0 Å². The van der Waals surface area contributed by atoms with E-state index in [9.17, 15) is 18.0 Å². The summed E-state index contributed by atoms with van der Waals surface area (Å²) in [6, 6.07) is 12.9. The summed E-state index contributed by atoms with van der Waals surface area (Å²) in [5, 5.41) is 8.91. The number of hydrogen-bond acceptors (Lipinski definition) is 4. The van der Waals surface area contributed by atoms with Crippen LogP contribution in [0.1, 0.15) is 17.1 Å². The third-order valence-electron chi connectivity index (χ3n) is 4.69. The molecule has 0 bridgehead atoms. The number of fused-ring (bicyclic) bond motifs is 1. The molecule has 33 heavy (non-hydrogen) atoms. The minimum atomic E-state index is -4.72. The lowest BCUT2D eigenvalue weighted by atomic mass is 10.3. The average molecular weight is 495 g/mol. The highest BCUT2D eigenvalue weighted by molar-refractivity contribution is 6.32. The van der Waals surface area contributed by atoms with E-state index in [0.717, 1.165) is 4.57 Å². The monoisotopic (exact) mass is 494 g/mol. The lowest BCUT2D eigenvalue weighted by Crippen LogP contribution is -2.26. The molecular formula is C21H15Cl2F3N6O. The van der Waals surface area contributed by atoms with Gasteiger partial charge in [0.25, 0.3) is 5.91 Å². The number of nitrogens with one attached hydrogen (secondary N) is 1. The van der Waals surface area contributed by atoms with Gasteiger partial charge in [-0.15, -0.1) is 0 Å². The quantitative estimate of drug-likeness (QED) is 0.313. The van der Waals surface area contributed by atoms with E-state index < -0.39 is 24.5 Å². The molecule has 12 heteroatoms. The molecular weight excluding hydrogens is 480 g/mol. The van der Waals surface area contributed by atoms with Crippen molar-refractivity contribution in [1.29, 1.82) is 0 Å². The van der Waals surface area contributed by atoms with Gasteiger partial charge in [-0.25, -0.2) is 15.1 Å². The first-order chi connectivity index (χ1) is 15.6. The third-order valence-corrected chi connectivity index (χ3v) is 5.29. The number of carbonyl (C=O) groups excluding carboxylic acids is 1. The normalized spacial score (nSPS) is 12.1. The van der Waals surface area contributed by atoms with Crippen LogP contribution in [0.2, 0.25) is 10.2 Å². The predicted octanol–water partition coefficient (Wildman–Crippen LogP) is 5.01. The Balaban J connectivity index is 1.53. The molecule has 0 aliphatic rings. The van der Waals surface area contributed by atoms with Gasteiger partial charge in [-0.1, -0.05) is 41.4 Å². The van der Waals surface area contributed by atoms with E-state index in [-0.39, 0.29) is 16.2 Å². The molecule has 2 heterocycles. The van der Waals surface area contributed by atoms with Crippen LogP contribution in [0.25, 0.3) is 16.7 Å². The van der Waals surface area contributed by atoms with Crippen molar-refractivity contribution >= 4 is 46.4 Å². The van der Waals surface area contributed by atoms with Gasteiger partial charge in [0.15, 0.2) is 0 Å². The highest BCUT2D eigenvalue weighted by atomic mass is 35.5. The molecule has 2 aromatic carbocycles. The summed E-state index contributed by atoms with van der Waals surface area (Å²) in [4.78, 5) is 16.0. The third kappa shape index (κ3) is 4.71. The molecule has 0 unspecified atom stereocenters. The first-order valence-corrected chi connectivity index (χ1v) is 10.3. The van der Waals surface area contributed by atoms with Crippen LogP contribution in [0.3, 0.4) is 0 Å². The number of nitrogens with zero attached hydrogens (tertiary/aromatic N) is 5. The molecule has 0 aliphatic heterocycles. The zero-order chi connectivity index (χ0) is 23.8. The van der Waals surface area contributed by atoms with Crippen molar-refractivity contribution in [2.24, 2.45) is 5.10 Å². The topological polar surface area (TPSA) is 77.1 Å². The standard InChI is InChI=1S/C21H15Cl2F3N6O/c1-12-15(19(23)32(30-12)14-6-4-5-13(22)9-14)10-27-29-18(33)11-31-17-8-3-2-7-16(17)28-20(31)21(24,25)26/h2-10H,11H2,1H3,(H,29,33). The van der Waals surface area contributed by atoms with Crippen molar-refractivity contribution < 1.29 is 18.0 Å². The summed E-state index contributed by atoms with van der Waals surface area (Å²) in [5.74, 6) is -1.93.